The van der Waals surface area contributed by atoms with Crippen molar-refractivity contribution in [3.63, 3.8) is 0 Å². The molecule has 160 valence electrons. The maximum absolute atomic E-state index is 12.8. The Hall–Kier alpha value is -2.57. The van der Waals surface area contributed by atoms with Crippen LogP contribution < -0.4 is 0 Å². The van der Waals surface area contributed by atoms with Gasteiger partial charge in [-0.3, -0.25) is 0 Å². The van der Waals surface area contributed by atoms with Crippen LogP contribution in [0.1, 0.15) is 29.8 Å². The number of esters is 1. The van der Waals surface area contributed by atoms with E-state index in [0.717, 1.165) is 9.13 Å². The summed E-state index contributed by atoms with van der Waals surface area (Å²) in [5.41, 5.74) is 0.810. The minimum atomic E-state index is -0.743. The lowest BCUT2D eigenvalue weighted by molar-refractivity contribution is -0.00326. The zero-order valence-electron chi connectivity index (χ0n) is 18.0. The van der Waals surface area contributed by atoms with Gasteiger partial charge in [-0.15, -0.1) is 0 Å². The van der Waals surface area contributed by atoms with Gasteiger partial charge in [-0.1, -0.05) is 60.7 Å². The van der Waals surface area contributed by atoms with Crippen molar-refractivity contribution in [3.05, 3.63) is 124 Å². The fourth-order valence-electron chi connectivity index (χ4n) is 3.49. The average Bonchev–Trinajstić information content (AvgIpc) is 2.81. The summed E-state index contributed by atoms with van der Waals surface area (Å²) in [4.78, 5) is 16.5. The molecule has 0 amide bonds. The molecule has 4 heteroatoms. The summed E-state index contributed by atoms with van der Waals surface area (Å²) in [5.74, 6) is -0.308. The monoisotopic (exact) mass is 551 g/mol. The number of carbonyl (C=O) groups excluding carboxylic acids is 1. The van der Waals surface area contributed by atoms with Crippen LogP contribution in [0.25, 0.3) is 0 Å². The van der Waals surface area contributed by atoms with Crippen LogP contribution in [0, 0.1) is 3.57 Å². The molecule has 0 heterocycles. The molecule has 0 radical (unpaired) electrons. The lowest BCUT2D eigenvalue weighted by Crippen LogP contribution is -2.26. The van der Waals surface area contributed by atoms with Crippen LogP contribution >= 0.6 is 22.6 Å². The number of halogens is 1. The molecule has 0 aliphatic carbocycles. The van der Waals surface area contributed by atoms with E-state index in [1.807, 2.05) is 44.2 Å². The molecule has 0 N–H and O–H groups in total. The molecular weight excluding hydrogens is 527 g/mol. The predicted octanol–water partition coefficient (Wildman–Crippen LogP) is 7.48. The van der Waals surface area contributed by atoms with Crippen LogP contribution in [-0.4, -0.2) is 5.97 Å². The Labute approximate surface area is 206 Å². The number of benzene rings is 4. The van der Waals surface area contributed by atoms with Crippen molar-refractivity contribution in [2.45, 2.75) is 34.1 Å². The third-order valence-corrected chi connectivity index (χ3v) is 8.36. The first-order chi connectivity index (χ1) is 15.5. The highest BCUT2D eigenvalue weighted by atomic mass is 127. The van der Waals surface area contributed by atoms with Gasteiger partial charge in [-0.25, -0.2) is 4.79 Å². The first kappa shape index (κ1) is 22.6. The highest BCUT2D eigenvalue weighted by molar-refractivity contribution is 14.1. The summed E-state index contributed by atoms with van der Waals surface area (Å²) in [6.45, 7) is 3.87. The van der Waals surface area contributed by atoms with Gasteiger partial charge in [0.05, 0.1) is 16.5 Å². The first-order valence-corrected chi connectivity index (χ1v) is 12.7. The standard InChI is InChI=1S/C28H24IO2S/c1-28(2,31-27(30)25-15-9-10-16-26(25)29)21-17-19-24(20-18-21)32(22-11-5-3-6-12-22)23-13-7-4-8-14-23/h3-20H,1-2H3/q+1. The second-order valence-corrected chi connectivity index (χ2v) is 11.0. The van der Waals surface area contributed by atoms with Crippen LogP contribution in [0.5, 0.6) is 0 Å². The molecule has 0 saturated carbocycles. The second-order valence-electron chi connectivity index (χ2n) is 7.84. The number of carbonyl (C=O) groups is 1. The van der Waals surface area contributed by atoms with Crippen molar-refractivity contribution in [2.24, 2.45) is 0 Å². The van der Waals surface area contributed by atoms with Gasteiger partial charge >= 0.3 is 5.97 Å². The van der Waals surface area contributed by atoms with Gasteiger partial charge in [-0.2, -0.15) is 0 Å². The van der Waals surface area contributed by atoms with Crippen molar-refractivity contribution in [2.75, 3.05) is 0 Å². The van der Waals surface area contributed by atoms with E-state index in [1.165, 1.54) is 14.7 Å². The summed E-state index contributed by atoms with van der Waals surface area (Å²) in [7, 11) is -0.202. The predicted molar refractivity (Wildman–Crippen MR) is 139 cm³/mol. The first-order valence-electron chi connectivity index (χ1n) is 10.4. The zero-order valence-corrected chi connectivity index (χ0v) is 21.0. The van der Waals surface area contributed by atoms with Gasteiger partial charge < -0.3 is 4.74 Å². The number of hydrogen-bond acceptors (Lipinski definition) is 2. The minimum Gasteiger partial charge on any atom is -0.451 e. The fourth-order valence-corrected chi connectivity index (χ4v) is 6.18. The van der Waals surface area contributed by atoms with E-state index in [0.29, 0.717) is 5.56 Å². The van der Waals surface area contributed by atoms with Gasteiger partial charge in [0.15, 0.2) is 14.7 Å². The molecule has 0 aliphatic rings. The highest BCUT2D eigenvalue weighted by Gasteiger charge is 2.31. The van der Waals surface area contributed by atoms with Crippen molar-refractivity contribution < 1.29 is 9.53 Å². The van der Waals surface area contributed by atoms with Crippen molar-refractivity contribution >= 4 is 39.5 Å². The number of rotatable bonds is 6. The minimum absolute atomic E-state index is 0.202. The van der Waals surface area contributed by atoms with E-state index in [4.69, 9.17) is 4.74 Å². The number of ether oxygens (including phenoxy) is 1. The summed E-state index contributed by atoms with van der Waals surface area (Å²) in [5, 5.41) is 0. The largest absolute Gasteiger partial charge is 0.451 e. The van der Waals surface area contributed by atoms with E-state index in [9.17, 15) is 4.79 Å². The summed E-state index contributed by atoms with van der Waals surface area (Å²) >= 11 is 2.16. The topological polar surface area (TPSA) is 26.3 Å². The molecule has 0 aliphatic heterocycles. The highest BCUT2D eigenvalue weighted by Crippen LogP contribution is 2.33. The van der Waals surface area contributed by atoms with E-state index in [1.54, 1.807) is 6.07 Å². The van der Waals surface area contributed by atoms with E-state index in [-0.39, 0.29) is 16.9 Å². The quantitative estimate of drug-likeness (QED) is 0.141. The molecule has 4 aromatic rings. The van der Waals surface area contributed by atoms with Crippen molar-refractivity contribution in [1.82, 2.24) is 0 Å². The third-order valence-electron chi connectivity index (χ3n) is 5.18. The maximum Gasteiger partial charge on any atom is 0.340 e. The van der Waals surface area contributed by atoms with Crippen LogP contribution in [0.4, 0.5) is 0 Å². The van der Waals surface area contributed by atoms with E-state index in [2.05, 4.69) is 95.4 Å². The van der Waals surface area contributed by atoms with Crippen LogP contribution in [0.3, 0.4) is 0 Å². The van der Waals surface area contributed by atoms with Crippen LogP contribution in [0.2, 0.25) is 0 Å². The molecule has 0 saturated heterocycles. The molecule has 0 bridgehead atoms. The Morgan fingerprint density at radius 2 is 1.16 bits per heavy atom. The molecule has 0 aromatic heterocycles. The average molecular weight is 551 g/mol. The molecule has 4 aromatic carbocycles. The Morgan fingerprint density at radius 3 is 1.69 bits per heavy atom. The Morgan fingerprint density at radius 1 is 0.688 bits per heavy atom. The van der Waals surface area contributed by atoms with E-state index >= 15 is 0 Å². The molecule has 32 heavy (non-hydrogen) atoms. The van der Waals surface area contributed by atoms with Gasteiger partial charge in [0.2, 0.25) is 0 Å². The number of hydrogen-bond donors (Lipinski definition) is 0. The molecular formula is C28H24IO2S+. The van der Waals surface area contributed by atoms with Gasteiger partial charge in [0.25, 0.3) is 0 Å². The van der Waals surface area contributed by atoms with Crippen LogP contribution in [0.15, 0.2) is 124 Å². The van der Waals surface area contributed by atoms with Gasteiger partial charge in [0.1, 0.15) is 5.60 Å². The molecule has 0 atom stereocenters. The Bertz CT molecular complexity index is 1150. The fraction of sp³-hybridized carbons (Fsp3) is 0.107. The zero-order chi connectivity index (χ0) is 22.6. The second kappa shape index (κ2) is 9.92. The molecule has 4 rings (SSSR count). The summed E-state index contributed by atoms with van der Waals surface area (Å²) in [6, 6.07) is 37.1. The lowest BCUT2D eigenvalue weighted by Gasteiger charge is -2.26. The lowest BCUT2D eigenvalue weighted by atomic mass is 9.98. The van der Waals surface area contributed by atoms with Gasteiger partial charge in [0, 0.05) is 3.57 Å². The summed E-state index contributed by atoms with van der Waals surface area (Å²) < 4.78 is 6.80. The SMILES string of the molecule is CC(C)(OC(=O)c1ccccc1I)c1ccc([S+](c2ccccc2)c2ccccc2)cc1. The Balaban J connectivity index is 1.62. The maximum atomic E-state index is 12.8. The van der Waals surface area contributed by atoms with Crippen LogP contribution in [-0.2, 0) is 21.2 Å². The molecule has 0 unspecified atom stereocenters. The van der Waals surface area contributed by atoms with Gasteiger partial charge in [-0.05, 0) is 90.5 Å². The Kier molecular flexibility index (Phi) is 7.01. The van der Waals surface area contributed by atoms with Crippen molar-refractivity contribution in [1.29, 1.82) is 0 Å². The normalized spacial score (nSPS) is 11.4. The molecule has 0 fully saturated rings. The van der Waals surface area contributed by atoms with Crippen molar-refractivity contribution in [3.8, 4) is 0 Å². The summed E-state index contributed by atoms with van der Waals surface area (Å²) in [6.07, 6.45) is 0. The third kappa shape index (κ3) is 5.08. The smallest absolute Gasteiger partial charge is 0.340 e. The van der Waals surface area contributed by atoms with E-state index < -0.39 is 5.60 Å². The molecule has 2 nitrogen and oxygen atoms in total. The molecule has 0 spiro atoms.